The molecule has 3 heterocycles. The molecule has 1 aromatic heterocycles. The first-order chi connectivity index (χ1) is 15.7. The molecule has 0 aliphatic carbocycles. The van der Waals surface area contributed by atoms with Crippen LogP contribution in [0.4, 0.5) is 0 Å². The Morgan fingerprint density at radius 2 is 1.75 bits per heavy atom. The van der Waals surface area contributed by atoms with Gasteiger partial charge in [0.05, 0.1) is 24.4 Å². The average molecular weight is 433 g/mol. The van der Waals surface area contributed by atoms with E-state index in [4.69, 9.17) is 9.47 Å². The Hall–Kier alpha value is -3.19. The van der Waals surface area contributed by atoms with Gasteiger partial charge < -0.3 is 14.4 Å². The summed E-state index contributed by atoms with van der Waals surface area (Å²) < 4.78 is 14.1. The molecule has 0 atom stereocenters. The lowest BCUT2D eigenvalue weighted by molar-refractivity contribution is -0.146. The van der Waals surface area contributed by atoms with Crippen LogP contribution in [0.2, 0.25) is 0 Å². The van der Waals surface area contributed by atoms with Gasteiger partial charge >= 0.3 is 0 Å². The fraction of sp³-hybridized carbons (Fsp3) is 0.400. The van der Waals surface area contributed by atoms with E-state index in [0.717, 1.165) is 49.5 Å². The van der Waals surface area contributed by atoms with Gasteiger partial charge in [-0.1, -0.05) is 53.7 Å². The summed E-state index contributed by atoms with van der Waals surface area (Å²) in [5, 5.41) is 8.69. The molecule has 0 N–H and O–H groups in total. The second-order valence-electron chi connectivity index (χ2n) is 8.58. The lowest BCUT2D eigenvalue weighted by Gasteiger charge is -2.43. The number of carbonyl (C=O) groups is 1. The van der Waals surface area contributed by atoms with E-state index in [1.54, 1.807) is 0 Å². The normalized spacial score (nSPS) is 17.2. The van der Waals surface area contributed by atoms with Crippen molar-refractivity contribution in [3.8, 4) is 5.75 Å². The summed E-state index contributed by atoms with van der Waals surface area (Å²) in [5.41, 5.74) is 2.73. The smallest absolute Gasteiger partial charge is 0.222 e. The van der Waals surface area contributed by atoms with E-state index >= 15 is 0 Å². The highest BCUT2D eigenvalue weighted by Gasteiger charge is 2.41. The zero-order valence-electron chi connectivity index (χ0n) is 18.2. The number of hydrogen-bond donors (Lipinski definition) is 0. The lowest BCUT2D eigenvalue weighted by Crippen LogP contribution is -2.52. The number of amides is 1. The number of rotatable bonds is 6. The summed E-state index contributed by atoms with van der Waals surface area (Å²) in [6.45, 7) is 2.97. The molecule has 166 valence electrons. The first-order valence-electron chi connectivity index (χ1n) is 11.3. The maximum absolute atomic E-state index is 12.7. The molecule has 1 amide bonds. The Bertz CT molecular complexity index is 1040. The predicted molar refractivity (Wildman–Crippen MR) is 119 cm³/mol. The van der Waals surface area contributed by atoms with Crippen molar-refractivity contribution in [2.24, 2.45) is 0 Å². The largest absolute Gasteiger partial charge is 0.487 e. The zero-order valence-corrected chi connectivity index (χ0v) is 18.2. The Morgan fingerprint density at radius 3 is 2.50 bits per heavy atom. The fourth-order valence-corrected chi connectivity index (χ4v) is 4.49. The third-order valence-corrected chi connectivity index (χ3v) is 6.49. The Balaban J connectivity index is 1.14. The first kappa shape index (κ1) is 20.7. The van der Waals surface area contributed by atoms with Crippen molar-refractivity contribution in [2.45, 2.75) is 51.0 Å². The van der Waals surface area contributed by atoms with Gasteiger partial charge in [0.15, 0.2) is 0 Å². The molecule has 2 aliphatic rings. The lowest BCUT2D eigenvalue weighted by atomic mass is 9.89. The van der Waals surface area contributed by atoms with Crippen LogP contribution in [0.5, 0.6) is 5.75 Å². The van der Waals surface area contributed by atoms with Crippen molar-refractivity contribution in [1.29, 1.82) is 0 Å². The van der Waals surface area contributed by atoms with Gasteiger partial charge in [0.25, 0.3) is 0 Å². The minimum Gasteiger partial charge on any atom is -0.487 e. The summed E-state index contributed by atoms with van der Waals surface area (Å²) >= 11 is 0. The van der Waals surface area contributed by atoms with Gasteiger partial charge in [0, 0.05) is 19.5 Å². The van der Waals surface area contributed by atoms with Crippen LogP contribution in [0, 0.1) is 0 Å². The molecule has 32 heavy (non-hydrogen) atoms. The summed E-state index contributed by atoms with van der Waals surface area (Å²) in [6.07, 6.45) is 2.97. The average Bonchev–Trinajstić information content (AvgIpc) is 3.24. The van der Waals surface area contributed by atoms with Gasteiger partial charge in [0.1, 0.15) is 18.1 Å². The molecule has 0 bridgehead atoms. The van der Waals surface area contributed by atoms with Crippen molar-refractivity contribution in [1.82, 2.24) is 19.9 Å². The maximum atomic E-state index is 12.7. The third kappa shape index (κ3) is 4.53. The number of aryl methyl sites for hydroxylation is 1. The SMILES string of the molecule is O=C(CCc1ccccc1)N1CCC2(CC1)Cn1nnc(COc3ccccc3)c1CO2. The molecule has 5 rings (SSSR count). The van der Waals surface area contributed by atoms with E-state index in [-0.39, 0.29) is 11.5 Å². The second kappa shape index (κ2) is 9.12. The minimum atomic E-state index is -0.269. The first-order valence-corrected chi connectivity index (χ1v) is 11.3. The quantitative estimate of drug-likeness (QED) is 0.597. The molecule has 1 spiro atoms. The number of fused-ring (bicyclic) bond motifs is 1. The standard InChI is InChI=1S/C25H28N4O3/c30-24(12-11-20-7-3-1-4-8-20)28-15-13-25(14-16-28)19-29-23(18-32-25)22(26-27-29)17-31-21-9-5-2-6-10-21/h1-10H,11-19H2. The van der Waals surface area contributed by atoms with Crippen LogP contribution >= 0.6 is 0 Å². The fourth-order valence-electron chi connectivity index (χ4n) is 4.49. The molecule has 2 aliphatic heterocycles. The topological polar surface area (TPSA) is 69.5 Å². The van der Waals surface area contributed by atoms with Crippen molar-refractivity contribution >= 4 is 5.91 Å². The van der Waals surface area contributed by atoms with Crippen LogP contribution in [0.25, 0.3) is 0 Å². The van der Waals surface area contributed by atoms with Gasteiger partial charge in [-0.25, -0.2) is 4.68 Å². The van der Waals surface area contributed by atoms with Gasteiger partial charge in [-0.3, -0.25) is 4.79 Å². The van der Waals surface area contributed by atoms with Gasteiger partial charge in [0.2, 0.25) is 5.91 Å². The van der Waals surface area contributed by atoms with Crippen LogP contribution in [0.1, 0.15) is 36.2 Å². The van der Waals surface area contributed by atoms with Crippen molar-refractivity contribution < 1.29 is 14.3 Å². The molecule has 7 heteroatoms. The molecular weight excluding hydrogens is 404 g/mol. The highest BCUT2D eigenvalue weighted by atomic mass is 16.5. The van der Waals surface area contributed by atoms with Crippen LogP contribution in [-0.2, 0) is 35.7 Å². The van der Waals surface area contributed by atoms with Crippen molar-refractivity contribution in [2.75, 3.05) is 13.1 Å². The summed E-state index contributed by atoms with van der Waals surface area (Å²) in [7, 11) is 0. The summed E-state index contributed by atoms with van der Waals surface area (Å²) in [4.78, 5) is 14.7. The Labute approximate surface area is 187 Å². The number of hydrogen-bond acceptors (Lipinski definition) is 5. The van der Waals surface area contributed by atoms with Gasteiger partial charge in [-0.15, -0.1) is 5.10 Å². The Morgan fingerprint density at radius 1 is 1.03 bits per heavy atom. The highest BCUT2D eigenvalue weighted by molar-refractivity contribution is 5.76. The Kier molecular flexibility index (Phi) is 5.90. The van der Waals surface area contributed by atoms with E-state index < -0.39 is 0 Å². The number of carbonyl (C=O) groups excluding carboxylic acids is 1. The third-order valence-electron chi connectivity index (χ3n) is 6.49. The molecule has 3 aromatic rings. The van der Waals surface area contributed by atoms with E-state index in [0.29, 0.717) is 26.2 Å². The number of ether oxygens (including phenoxy) is 2. The molecule has 1 fully saturated rings. The van der Waals surface area contributed by atoms with Gasteiger partial charge in [-0.05, 0) is 37.0 Å². The number of para-hydroxylation sites is 1. The molecule has 7 nitrogen and oxygen atoms in total. The monoisotopic (exact) mass is 432 g/mol. The molecule has 1 saturated heterocycles. The van der Waals surface area contributed by atoms with Crippen LogP contribution in [0.3, 0.4) is 0 Å². The van der Waals surface area contributed by atoms with Crippen LogP contribution in [0.15, 0.2) is 60.7 Å². The van der Waals surface area contributed by atoms with Gasteiger partial charge in [-0.2, -0.15) is 0 Å². The number of aromatic nitrogens is 3. The number of likely N-dealkylation sites (tertiary alicyclic amines) is 1. The van der Waals surface area contributed by atoms with E-state index in [1.807, 2.05) is 58.1 Å². The summed E-state index contributed by atoms with van der Waals surface area (Å²) in [5.74, 6) is 1.04. The minimum absolute atomic E-state index is 0.223. The second-order valence-corrected chi connectivity index (χ2v) is 8.58. The zero-order chi connectivity index (χ0) is 21.8. The highest BCUT2D eigenvalue weighted by Crippen LogP contribution is 2.34. The van der Waals surface area contributed by atoms with Crippen molar-refractivity contribution in [3.05, 3.63) is 77.6 Å². The van der Waals surface area contributed by atoms with E-state index in [2.05, 4.69) is 22.4 Å². The molecule has 2 aromatic carbocycles. The molecule has 0 radical (unpaired) electrons. The van der Waals surface area contributed by atoms with E-state index in [9.17, 15) is 4.79 Å². The number of nitrogens with zero attached hydrogens (tertiary/aromatic N) is 4. The maximum Gasteiger partial charge on any atom is 0.222 e. The number of piperidine rings is 1. The van der Waals surface area contributed by atoms with E-state index in [1.165, 1.54) is 5.56 Å². The molecule has 0 unspecified atom stereocenters. The van der Waals surface area contributed by atoms with Crippen LogP contribution in [-0.4, -0.2) is 44.5 Å². The summed E-state index contributed by atoms with van der Waals surface area (Å²) in [6, 6.07) is 19.9. The molecular formula is C25H28N4O3. The molecule has 0 saturated carbocycles. The van der Waals surface area contributed by atoms with Crippen LogP contribution < -0.4 is 4.74 Å². The predicted octanol–water partition coefficient (Wildman–Crippen LogP) is 3.38. The number of benzene rings is 2. The van der Waals surface area contributed by atoms with Crippen molar-refractivity contribution in [3.63, 3.8) is 0 Å².